The summed E-state index contributed by atoms with van der Waals surface area (Å²) in [5, 5.41) is 10.3. The Balaban J connectivity index is 1.33. The molecule has 0 N–H and O–H groups in total. The van der Waals surface area contributed by atoms with Gasteiger partial charge in [0, 0.05) is 30.9 Å². The molecule has 186 valence electrons. The van der Waals surface area contributed by atoms with Crippen LogP contribution in [0.2, 0.25) is 0 Å². The Bertz CT molecular complexity index is 1130. The van der Waals surface area contributed by atoms with Crippen LogP contribution in [-0.4, -0.2) is 58.3 Å². The van der Waals surface area contributed by atoms with Crippen molar-refractivity contribution in [3.05, 3.63) is 65.0 Å². The summed E-state index contributed by atoms with van der Waals surface area (Å²) < 4.78 is 13.6. The third-order valence-corrected chi connectivity index (χ3v) is 8.30. The highest BCUT2D eigenvalue weighted by molar-refractivity contribution is 7.99. The van der Waals surface area contributed by atoms with Crippen molar-refractivity contribution in [3.8, 4) is 11.4 Å². The molecule has 2 aliphatic rings. The fraction of sp³-hybridized carbons (Fsp3) is 0.500. The predicted octanol–water partition coefficient (Wildman–Crippen LogP) is 5.54. The molecule has 2 saturated heterocycles. The summed E-state index contributed by atoms with van der Waals surface area (Å²) >= 11 is 1.76. The molecule has 7 heteroatoms. The van der Waals surface area contributed by atoms with Crippen molar-refractivity contribution in [2.45, 2.75) is 63.3 Å². The number of piperidine rings is 1. The third kappa shape index (κ3) is 5.74. The van der Waals surface area contributed by atoms with E-state index in [1.165, 1.54) is 16.7 Å². The maximum atomic E-state index is 5.85. The van der Waals surface area contributed by atoms with Crippen LogP contribution in [0.3, 0.4) is 0 Å². The first-order chi connectivity index (χ1) is 17.1. The average Bonchev–Trinajstić information content (AvgIpc) is 3.55. The Labute approximate surface area is 213 Å². The van der Waals surface area contributed by atoms with Gasteiger partial charge in [-0.25, -0.2) is 0 Å². The smallest absolute Gasteiger partial charge is 0.195 e. The second-order valence-electron chi connectivity index (χ2n) is 9.80. The van der Waals surface area contributed by atoms with Crippen molar-refractivity contribution >= 4 is 11.8 Å². The number of aromatic nitrogens is 3. The zero-order valence-electron chi connectivity index (χ0n) is 21.1. The molecule has 0 unspecified atom stereocenters. The monoisotopic (exact) mass is 492 g/mol. The van der Waals surface area contributed by atoms with Crippen LogP contribution in [0, 0.1) is 13.8 Å². The van der Waals surface area contributed by atoms with Gasteiger partial charge in [0.15, 0.2) is 5.16 Å². The number of likely N-dealkylation sites (tertiary alicyclic amines) is 1. The van der Waals surface area contributed by atoms with Crippen molar-refractivity contribution in [2.75, 3.05) is 32.6 Å². The number of nitrogens with zero attached hydrogens (tertiary/aromatic N) is 4. The Morgan fingerprint density at radius 1 is 1.06 bits per heavy atom. The number of hydrogen-bond donors (Lipinski definition) is 0. The molecule has 3 aromatic rings. The van der Waals surface area contributed by atoms with Gasteiger partial charge in [-0.2, -0.15) is 0 Å². The molecule has 35 heavy (non-hydrogen) atoms. The molecular weight excluding hydrogens is 456 g/mol. The number of benzene rings is 2. The van der Waals surface area contributed by atoms with Crippen LogP contribution in [0.15, 0.2) is 47.6 Å². The number of aryl methyl sites for hydroxylation is 2. The Hall–Kier alpha value is -2.35. The number of thioether (sulfide) groups is 1. The molecule has 2 aromatic carbocycles. The molecule has 2 fully saturated rings. The molecule has 1 atom stereocenters. The molecule has 0 radical (unpaired) electrons. The average molecular weight is 493 g/mol. The standard InChI is InChI=1S/C28H36N4O2S/c1-20-9-10-21(2)23(16-20)18-31-13-11-22(12-14-31)27-29-30-28(35-19-26-8-5-15-34-26)32(27)24-6-4-7-25(17-24)33-3/h4,6-7,9-10,16-17,22,26H,5,8,11-15,18-19H2,1-3H3/t26-/m1/s1. The van der Waals surface area contributed by atoms with Crippen LogP contribution in [0.1, 0.15) is 54.1 Å². The van der Waals surface area contributed by atoms with Crippen LogP contribution in [0.25, 0.3) is 5.69 Å². The highest BCUT2D eigenvalue weighted by Gasteiger charge is 2.28. The van der Waals surface area contributed by atoms with Gasteiger partial charge in [-0.05, 0) is 75.9 Å². The van der Waals surface area contributed by atoms with Gasteiger partial charge in [-0.1, -0.05) is 41.6 Å². The number of ether oxygens (including phenoxy) is 2. The highest BCUT2D eigenvalue weighted by atomic mass is 32.2. The van der Waals surface area contributed by atoms with Gasteiger partial charge in [0.05, 0.1) is 18.9 Å². The van der Waals surface area contributed by atoms with Gasteiger partial charge in [0.2, 0.25) is 0 Å². The molecule has 5 rings (SSSR count). The van der Waals surface area contributed by atoms with Crippen LogP contribution < -0.4 is 4.74 Å². The van der Waals surface area contributed by atoms with E-state index in [1.54, 1.807) is 18.9 Å². The second kappa shape index (κ2) is 11.1. The lowest BCUT2D eigenvalue weighted by atomic mass is 9.95. The molecule has 3 heterocycles. The topological polar surface area (TPSA) is 52.4 Å². The van der Waals surface area contributed by atoms with E-state index in [4.69, 9.17) is 14.6 Å². The van der Waals surface area contributed by atoms with E-state index in [1.807, 2.05) is 12.1 Å². The number of rotatable bonds is 8. The van der Waals surface area contributed by atoms with E-state index in [-0.39, 0.29) is 0 Å². The van der Waals surface area contributed by atoms with Gasteiger partial charge in [-0.15, -0.1) is 10.2 Å². The Morgan fingerprint density at radius 3 is 2.69 bits per heavy atom. The Morgan fingerprint density at radius 2 is 1.91 bits per heavy atom. The van der Waals surface area contributed by atoms with Crippen molar-refractivity contribution < 1.29 is 9.47 Å². The first-order valence-electron chi connectivity index (χ1n) is 12.7. The van der Waals surface area contributed by atoms with E-state index < -0.39 is 0 Å². The minimum Gasteiger partial charge on any atom is -0.497 e. The SMILES string of the molecule is COc1cccc(-n2c(SC[C@H]3CCCO3)nnc2C2CCN(Cc3cc(C)ccc3C)CC2)c1. The van der Waals surface area contributed by atoms with E-state index in [2.05, 4.69) is 58.7 Å². The summed E-state index contributed by atoms with van der Waals surface area (Å²) in [6.07, 6.45) is 4.77. The fourth-order valence-corrected chi connectivity index (χ4v) is 6.16. The lowest BCUT2D eigenvalue weighted by molar-refractivity contribution is 0.129. The summed E-state index contributed by atoms with van der Waals surface area (Å²) in [4.78, 5) is 2.58. The van der Waals surface area contributed by atoms with E-state index in [0.717, 1.165) is 80.1 Å². The molecule has 2 aliphatic heterocycles. The largest absolute Gasteiger partial charge is 0.497 e. The quantitative estimate of drug-likeness (QED) is 0.385. The number of hydrogen-bond acceptors (Lipinski definition) is 6. The molecule has 0 spiro atoms. The maximum Gasteiger partial charge on any atom is 0.195 e. The van der Waals surface area contributed by atoms with Gasteiger partial charge in [0.25, 0.3) is 0 Å². The highest BCUT2D eigenvalue weighted by Crippen LogP contribution is 2.34. The lowest BCUT2D eigenvalue weighted by Gasteiger charge is -2.32. The molecule has 0 amide bonds. The van der Waals surface area contributed by atoms with E-state index in [9.17, 15) is 0 Å². The van der Waals surface area contributed by atoms with Crippen molar-refractivity contribution in [3.63, 3.8) is 0 Å². The van der Waals surface area contributed by atoms with Gasteiger partial charge < -0.3 is 9.47 Å². The molecular formula is C28H36N4O2S. The minimum atomic E-state index is 0.312. The third-order valence-electron chi connectivity index (χ3n) is 7.24. The van der Waals surface area contributed by atoms with Crippen molar-refractivity contribution in [1.29, 1.82) is 0 Å². The summed E-state index contributed by atoms with van der Waals surface area (Å²) in [5.41, 5.74) is 5.22. The van der Waals surface area contributed by atoms with Gasteiger partial charge in [-0.3, -0.25) is 9.47 Å². The summed E-state index contributed by atoms with van der Waals surface area (Å²) in [6.45, 7) is 8.43. The van der Waals surface area contributed by atoms with Crippen molar-refractivity contribution in [2.24, 2.45) is 0 Å². The minimum absolute atomic E-state index is 0.312. The number of methoxy groups -OCH3 is 1. The maximum absolute atomic E-state index is 5.85. The lowest BCUT2D eigenvalue weighted by Crippen LogP contribution is -2.33. The van der Waals surface area contributed by atoms with Crippen LogP contribution in [0.4, 0.5) is 0 Å². The van der Waals surface area contributed by atoms with Gasteiger partial charge in [0.1, 0.15) is 11.6 Å². The second-order valence-corrected chi connectivity index (χ2v) is 10.8. The van der Waals surface area contributed by atoms with Crippen molar-refractivity contribution in [1.82, 2.24) is 19.7 Å². The van der Waals surface area contributed by atoms with Crippen LogP contribution >= 0.6 is 11.8 Å². The van der Waals surface area contributed by atoms with E-state index in [0.29, 0.717) is 12.0 Å². The predicted molar refractivity (Wildman–Crippen MR) is 141 cm³/mol. The molecule has 6 nitrogen and oxygen atoms in total. The normalized spacial score (nSPS) is 19.3. The first-order valence-corrected chi connectivity index (χ1v) is 13.7. The molecule has 0 bridgehead atoms. The van der Waals surface area contributed by atoms with Crippen LogP contribution in [-0.2, 0) is 11.3 Å². The summed E-state index contributed by atoms with van der Waals surface area (Å²) in [7, 11) is 1.71. The summed E-state index contributed by atoms with van der Waals surface area (Å²) in [5.74, 6) is 3.22. The Kier molecular flexibility index (Phi) is 7.75. The summed E-state index contributed by atoms with van der Waals surface area (Å²) in [6, 6.07) is 15.0. The molecule has 0 saturated carbocycles. The molecule has 0 aliphatic carbocycles. The van der Waals surface area contributed by atoms with Gasteiger partial charge >= 0.3 is 0 Å². The van der Waals surface area contributed by atoms with Crippen LogP contribution in [0.5, 0.6) is 5.75 Å². The first kappa shape index (κ1) is 24.3. The zero-order valence-corrected chi connectivity index (χ0v) is 21.9. The zero-order chi connectivity index (χ0) is 24.2. The fourth-order valence-electron chi connectivity index (χ4n) is 5.14. The van der Waals surface area contributed by atoms with E-state index >= 15 is 0 Å². The molecule has 1 aromatic heterocycles.